The van der Waals surface area contributed by atoms with Gasteiger partial charge in [-0.05, 0) is 37.3 Å². The van der Waals surface area contributed by atoms with Gasteiger partial charge in [-0.1, -0.05) is 41.4 Å². The lowest BCUT2D eigenvalue weighted by atomic mass is 10.2. The molecule has 152 valence electrons. The van der Waals surface area contributed by atoms with E-state index in [1.165, 1.54) is 24.3 Å². The van der Waals surface area contributed by atoms with Gasteiger partial charge in [0.15, 0.2) is 5.75 Å². The van der Waals surface area contributed by atoms with E-state index in [1.807, 2.05) is 6.92 Å². The molecule has 0 fully saturated rings. The van der Waals surface area contributed by atoms with Crippen LogP contribution in [0, 0.1) is 6.92 Å². The molecule has 2 aromatic carbocycles. The predicted molar refractivity (Wildman–Crippen MR) is 103 cm³/mol. The molecule has 0 aliphatic heterocycles. The zero-order valence-corrected chi connectivity index (χ0v) is 16.4. The third-order valence-electron chi connectivity index (χ3n) is 3.80. The Morgan fingerprint density at radius 2 is 1.72 bits per heavy atom. The Bertz CT molecular complexity index is 1130. The van der Waals surface area contributed by atoms with Crippen LogP contribution < -0.4 is 9.46 Å². The monoisotopic (exact) mass is 442 g/mol. The van der Waals surface area contributed by atoms with Crippen molar-refractivity contribution >= 4 is 27.3 Å². The summed E-state index contributed by atoms with van der Waals surface area (Å²) in [6.45, 7) is 1.83. The predicted octanol–water partition coefficient (Wildman–Crippen LogP) is 5.66. The minimum Gasteiger partial charge on any atom is -0.435 e. The molecule has 3 rings (SSSR count). The average Bonchev–Trinajstić information content (AvgIpc) is 2.64. The summed E-state index contributed by atoms with van der Waals surface area (Å²) in [7, 11) is -3.91. The number of aromatic nitrogens is 1. The quantitative estimate of drug-likeness (QED) is 0.554. The number of halogens is 4. The van der Waals surface area contributed by atoms with E-state index in [2.05, 4.69) is 9.71 Å². The molecule has 1 aromatic heterocycles. The van der Waals surface area contributed by atoms with E-state index in [0.29, 0.717) is 12.3 Å². The summed E-state index contributed by atoms with van der Waals surface area (Å²) in [5, 5.41) is -0.365. The number of nitrogens with zero attached hydrogens (tertiary/aromatic N) is 1. The highest BCUT2D eigenvalue weighted by molar-refractivity contribution is 7.92. The number of rotatable bonds is 5. The lowest BCUT2D eigenvalue weighted by Crippen LogP contribution is -2.13. The molecular weight excluding hydrogens is 429 g/mol. The first-order valence-electron chi connectivity index (χ1n) is 8.15. The van der Waals surface area contributed by atoms with Gasteiger partial charge in [-0.3, -0.25) is 4.72 Å². The van der Waals surface area contributed by atoms with Gasteiger partial charge >= 0.3 is 6.18 Å². The largest absolute Gasteiger partial charge is 0.435 e. The fourth-order valence-electron chi connectivity index (χ4n) is 2.32. The highest BCUT2D eigenvalue weighted by atomic mass is 35.5. The number of pyridine rings is 1. The van der Waals surface area contributed by atoms with Crippen LogP contribution in [0.3, 0.4) is 0 Å². The molecule has 0 spiro atoms. The van der Waals surface area contributed by atoms with Crippen LogP contribution in [0.25, 0.3) is 0 Å². The number of anilines is 1. The van der Waals surface area contributed by atoms with Crippen LogP contribution in [0.15, 0.2) is 65.7 Å². The summed E-state index contributed by atoms with van der Waals surface area (Å²) < 4.78 is 71.3. The lowest BCUT2D eigenvalue weighted by Gasteiger charge is -2.14. The van der Waals surface area contributed by atoms with Gasteiger partial charge in [0.1, 0.15) is 5.02 Å². The molecule has 3 aromatic rings. The van der Waals surface area contributed by atoms with Crippen LogP contribution in [0.1, 0.15) is 11.1 Å². The number of hydrogen-bond acceptors (Lipinski definition) is 4. The van der Waals surface area contributed by atoms with Crippen LogP contribution >= 0.6 is 11.6 Å². The second kappa shape index (κ2) is 7.92. The molecule has 0 aliphatic carbocycles. The van der Waals surface area contributed by atoms with Crippen molar-refractivity contribution in [1.29, 1.82) is 0 Å². The zero-order valence-electron chi connectivity index (χ0n) is 14.9. The molecule has 0 saturated carbocycles. The van der Waals surface area contributed by atoms with Crippen LogP contribution in [0.2, 0.25) is 5.02 Å². The maximum absolute atomic E-state index is 12.7. The number of nitrogens with one attached hydrogen (secondary N) is 1. The highest BCUT2D eigenvalue weighted by Crippen LogP contribution is 2.36. The summed E-state index contributed by atoms with van der Waals surface area (Å²) in [6.07, 6.45) is -4.02. The molecule has 0 amide bonds. The minimum absolute atomic E-state index is 0.0253. The molecule has 10 heteroatoms. The third kappa shape index (κ3) is 4.99. The highest BCUT2D eigenvalue weighted by Gasteiger charge is 2.32. The molecule has 0 radical (unpaired) electrons. The van der Waals surface area contributed by atoms with Crippen molar-refractivity contribution in [1.82, 2.24) is 4.98 Å². The second-order valence-corrected chi connectivity index (χ2v) is 8.12. The van der Waals surface area contributed by atoms with Gasteiger partial charge in [-0.25, -0.2) is 13.4 Å². The standard InChI is InChI=1S/C19H14ClF3N2O3S/c1-12-6-8-14(9-7-12)29(26,27)25-16-4-2-3-5-17(16)28-18-15(20)10-13(11-24-18)19(21,22)23/h2-11,25H,1H3. The second-order valence-electron chi connectivity index (χ2n) is 6.03. The van der Waals surface area contributed by atoms with Gasteiger partial charge in [0.2, 0.25) is 5.88 Å². The van der Waals surface area contributed by atoms with E-state index in [4.69, 9.17) is 16.3 Å². The number of sulfonamides is 1. The Morgan fingerprint density at radius 3 is 2.34 bits per heavy atom. The molecule has 0 saturated heterocycles. The number of para-hydroxylation sites is 2. The van der Waals surface area contributed by atoms with Gasteiger partial charge in [0, 0.05) is 6.20 Å². The van der Waals surface area contributed by atoms with E-state index in [9.17, 15) is 21.6 Å². The summed E-state index contributed by atoms with van der Waals surface area (Å²) >= 11 is 5.86. The number of hydrogen-bond donors (Lipinski definition) is 1. The Morgan fingerprint density at radius 1 is 1.07 bits per heavy atom. The van der Waals surface area contributed by atoms with E-state index >= 15 is 0 Å². The van der Waals surface area contributed by atoms with Crippen molar-refractivity contribution in [2.75, 3.05) is 4.72 Å². The number of aryl methyl sites for hydroxylation is 1. The first-order valence-corrected chi connectivity index (χ1v) is 10.0. The number of benzene rings is 2. The van der Waals surface area contributed by atoms with E-state index in [-0.39, 0.29) is 27.2 Å². The lowest BCUT2D eigenvalue weighted by molar-refractivity contribution is -0.137. The maximum atomic E-state index is 12.7. The van der Waals surface area contributed by atoms with Crippen LogP contribution in [-0.4, -0.2) is 13.4 Å². The Kier molecular flexibility index (Phi) is 5.72. The molecule has 0 unspecified atom stereocenters. The Balaban J connectivity index is 1.89. The first-order chi connectivity index (χ1) is 13.6. The van der Waals surface area contributed by atoms with Crippen LogP contribution in [0.5, 0.6) is 11.6 Å². The van der Waals surface area contributed by atoms with Crippen molar-refractivity contribution in [3.8, 4) is 11.6 Å². The van der Waals surface area contributed by atoms with Gasteiger partial charge < -0.3 is 4.74 Å². The number of ether oxygens (including phenoxy) is 1. The SMILES string of the molecule is Cc1ccc(S(=O)(=O)Nc2ccccc2Oc2ncc(C(F)(F)F)cc2Cl)cc1. The Labute approximate surface area is 170 Å². The first kappa shape index (κ1) is 20.9. The zero-order chi connectivity index (χ0) is 21.2. The summed E-state index contributed by atoms with van der Waals surface area (Å²) in [5.74, 6) is -0.265. The topological polar surface area (TPSA) is 68.3 Å². The van der Waals surface area contributed by atoms with Crippen molar-refractivity contribution in [2.24, 2.45) is 0 Å². The average molecular weight is 443 g/mol. The molecular formula is C19H14ClF3N2O3S. The van der Waals surface area contributed by atoms with Gasteiger partial charge in [0.25, 0.3) is 10.0 Å². The fourth-order valence-corrected chi connectivity index (χ4v) is 3.60. The van der Waals surface area contributed by atoms with E-state index in [0.717, 1.165) is 5.56 Å². The molecule has 0 aliphatic rings. The van der Waals surface area contributed by atoms with Gasteiger partial charge in [-0.2, -0.15) is 13.2 Å². The molecule has 0 bridgehead atoms. The fraction of sp³-hybridized carbons (Fsp3) is 0.105. The van der Waals surface area contributed by atoms with Crippen molar-refractivity contribution < 1.29 is 26.3 Å². The van der Waals surface area contributed by atoms with Gasteiger partial charge in [0.05, 0.1) is 16.1 Å². The summed E-state index contributed by atoms with van der Waals surface area (Å²) in [4.78, 5) is 3.64. The van der Waals surface area contributed by atoms with Crippen molar-refractivity contribution in [3.63, 3.8) is 0 Å². The van der Waals surface area contributed by atoms with Crippen molar-refractivity contribution in [2.45, 2.75) is 18.0 Å². The summed E-state index contributed by atoms with van der Waals surface area (Å²) in [5.41, 5.74) is -0.0512. The molecule has 1 heterocycles. The van der Waals surface area contributed by atoms with Crippen LogP contribution in [0.4, 0.5) is 18.9 Å². The molecule has 0 atom stereocenters. The van der Waals surface area contributed by atoms with E-state index in [1.54, 1.807) is 24.3 Å². The minimum atomic E-state index is -4.60. The van der Waals surface area contributed by atoms with Gasteiger partial charge in [-0.15, -0.1) is 0 Å². The smallest absolute Gasteiger partial charge is 0.417 e. The molecule has 1 N–H and O–H groups in total. The van der Waals surface area contributed by atoms with E-state index < -0.39 is 21.8 Å². The van der Waals surface area contributed by atoms with Crippen molar-refractivity contribution in [3.05, 3.63) is 76.9 Å². The Hall–Kier alpha value is -2.78. The normalized spacial score (nSPS) is 11.9. The third-order valence-corrected chi connectivity index (χ3v) is 5.46. The number of alkyl halides is 3. The molecule has 29 heavy (non-hydrogen) atoms. The maximum Gasteiger partial charge on any atom is 0.417 e. The molecule has 5 nitrogen and oxygen atoms in total. The summed E-state index contributed by atoms with van der Waals surface area (Å²) in [6, 6.07) is 12.9. The van der Waals surface area contributed by atoms with Crippen LogP contribution in [-0.2, 0) is 16.2 Å².